The molecule has 0 aliphatic heterocycles. The molecule has 1 N–H and O–H groups in total. The quantitative estimate of drug-likeness (QED) is 0.227. The molecule has 0 spiro atoms. The minimum Gasteiger partial charge on any atom is -0.385 e. The molecule has 0 amide bonds. The zero-order valence-corrected chi connectivity index (χ0v) is 22.7. The largest absolute Gasteiger partial charge is 0.385 e. The van der Waals surface area contributed by atoms with Gasteiger partial charge in [0.25, 0.3) is 0 Å². The van der Waals surface area contributed by atoms with Gasteiger partial charge in [-0.2, -0.15) is 0 Å². The van der Waals surface area contributed by atoms with Crippen LogP contribution in [0.4, 0.5) is 0 Å². The van der Waals surface area contributed by atoms with Gasteiger partial charge >= 0.3 is 0 Å². The van der Waals surface area contributed by atoms with Gasteiger partial charge < -0.3 is 5.32 Å². The summed E-state index contributed by atoms with van der Waals surface area (Å²) < 4.78 is 0. The van der Waals surface area contributed by atoms with Crippen LogP contribution in [0.25, 0.3) is 0 Å². The highest BCUT2D eigenvalue weighted by atomic mass is 14.9. The van der Waals surface area contributed by atoms with Crippen LogP contribution in [0, 0.1) is 11.3 Å². The van der Waals surface area contributed by atoms with Crippen LogP contribution >= 0.6 is 0 Å². The molecule has 0 saturated heterocycles. The minimum atomic E-state index is 0.283. The maximum Gasteiger partial charge on any atom is 0.0397 e. The first-order chi connectivity index (χ1) is 17.3. The van der Waals surface area contributed by atoms with E-state index in [1.165, 1.54) is 40.7 Å². The van der Waals surface area contributed by atoms with E-state index in [1.54, 1.807) is 0 Å². The predicted molar refractivity (Wildman–Crippen MR) is 157 cm³/mol. The van der Waals surface area contributed by atoms with Gasteiger partial charge in [-0.05, 0) is 78.5 Å². The summed E-state index contributed by atoms with van der Waals surface area (Å²) in [7, 11) is 0. The molecule has 36 heavy (non-hydrogen) atoms. The molecule has 1 nitrogen and oxygen atoms in total. The van der Waals surface area contributed by atoms with Crippen molar-refractivity contribution in [1.82, 2.24) is 5.32 Å². The second-order valence-electron chi connectivity index (χ2n) is 11.6. The van der Waals surface area contributed by atoms with Crippen LogP contribution in [0.1, 0.15) is 75.1 Å². The third kappa shape index (κ3) is 10.7. The molecule has 3 aromatic carbocycles. The summed E-state index contributed by atoms with van der Waals surface area (Å²) in [6.45, 7) is 16.5. The molecule has 1 unspecified atom stereocenters. The van der Waals surface area contributed by atoms with E-state index in [1.807, 2.05) is 0 Å². The molecule has 0 bridgehead atoms. The van der Waals surface area contributed by atoms with Crippen molar-refractivity contribution in [2.45, 2.75) is 72.3 Å². The van der Waals surface area contributed by atoms with Crippen molar-refractivity contribution in [3.63, 3.8) is 0 Å². The van der Waals surface area contributed by atoms with E-state index in [0.717, 1.165) is 44.3 Å². The molecule has 3 rings (SSSR count). The third-order valence-electron chi connectivity index (χ3n) is 6.63. The fourth-order valence-electron chi connectivity index (χ4n) is 5.00. The van der Waals surface area contributed by atoms with Gasteiger partial charge in [-0.15, -0.1) is 0 Å². The summed E-state index contributed by atoms with van der Waals surface area (Å²) >= 11 is 0. The van der Waals surface area contributed by atoms with E-state index in [0.29, 0.717) is 5.92 Å². The molecule has 0 heterocycles. The SMILES string of the molecule is C=C(CC(CCCc1ccc(Cc2ccccc2)cc1)CC(=C)NCc1ccccc1)CC(C)(C)C. The smallest absolute Gasteiger partial charge is 0.0397 e. The topological polar surface area (TPSA) is 12.0 Å². The summed E-state index contributed by atoms with van der Waals surface area (Å²) in [5.74, 6) is 0.577. The minimum absolute atomic E-state index is 0.283. The first-order valence-electron chi connectivity index (χ1n) is 13.5. The Morgan fingerprint density at radius 2 is 1.28 bits per heavy atom. The van der Waals surface area contributed by atoms with Crippen molar-refractivity contribution in [2.75, 3.05) is 0 Å². The van der Waals surface area contributed by atoms with E-state index in [-0.39, 0.29) is 5.41 Å². The van der Waals surface area contributed by atoms with Gasteiger partial charge in [-0.1, -0.05) is 124 Å². The Bertz CT molecular complexity index is 1060. The van der Waals surface area contributed by atoms with Crippen LogP contribution in [0.3, 0.4) is 0 Å². The fraction of sp³-hybridized carbons (Fsp3) is 0.371. The highest BCUT2D eigenvalue weighted by Gasteiger charge is 2.17. The van der Waals surface area contributed by atoms with E-state index < -0.39 is 0 Å². The van der Waals surface area contributed by atoms with Crippen molar-refractivity contribution in [2.24, 2.45) is 11.3 Å². The molecule has 0 aromatic heterocycles. The predicted octanol–water partition coefficient (Wildman–Crippen LogP) is 9.29. The monoisotopic (exact) mass is 479 g/mol. The maximum atomic E-state index is 4.44. The Hall–Kier alpha value is -3.06. The highest BCUT2D eigenvalue weighted by Crippen LogP contribution is 2.30. The van der Waals surface area contributed by atoms with Crippen molar-refractivity contribution in [3.05, 3.63) is 132 Å². The molecule has 0 aliphatic rings. The van der Waals surface area contributed by atoms with Gasteiger partial charge in [-0.3, -0.25) is 0 Å². The van der Waals surface area contributed by atoms with Crippen molar-refractivity contribution >= 4 is 0 Å². The van der Waals surface area contributed by atoms with Crippen LogP contribution in [0.2, 0.25) is 0 Å². The average molecular weight is 480 g/mol. The number of benzene rings is 3. The molecule has 0 aliphatic carbocycles. The van der Waals surface area contributed by atoms with Gasteiger partial charge in [-0.25, -0.2) is 0 Å². The van der Waals surface area contributed by atoms with Gasteiger partial charge in [0.1, 0.15) is 0 Å². The third-order valence-corrected chi connectivity index (χ3v) is 6.63. The Kier molecular flexibility index (Phi) is 10.6. The van der Waals surface area contributed by atoms with Gasteiger partial charge in [0.05, 0.1) is 0 Å². The van der Waals surface area contributed by atoms with E-state index in [2.05, 4.69) is 124 Å². The number of nitrogens with one attached hydrogen (secondary N) is 1. The first-order valence-corrected chi connectivity index (χ1v) is 13.5. The summed E-state index contributed by atoms with van der Waals surface area (Å²) in [6.07, 6.45) is 7.68. The van der Waals surface area contributed by atoms with Gasteiger partial charge in [0.15, 0.2) is 0 Å². The molecule has 1 heteroatoms. The summed E-state index contributed by atoms with van der Waals surface area (Å²) in [5, 5.41) is 3.56. The second-order valence-corrected chi connectivity index (χ2v) is 11.6. The van der Waals surface area contributed by atoms with E-state index in [4.69, 9.17) is 0 Å². The number of hydrogen-bond acceptors (Lipinski definition) is 1. The Morgan fingerprint density at radius 3 is 1.89 bits per heavy atom. The standard InChI is InChI=1S/C35H45N/c1-28(26-35(3,4)5)23-34(24-29(2)36-27-33-15-10-7-11-16-33)18-12-17-30-19-21-32(22-20-30)25-31-13-8-6-9-14-31/h6-11,13-16,19-22,34,36H,1-2,12,17-18,23-27H2,3-5H3. The summed E-state index contributed by atoms with van der Waals surface area (Å²) in [4.78, 5) is 0. The number of hydrogen-bond donors (Lipinski definition) is 1. The Morgan fingerprint density at radius 1 is 0.722 bits per heavy atom. The lowest BCUT2D eigenvalue weighted by Gasteiger charge is -2.24. The first kappa shape index (κ1) is 27.5. The Labute approximate surface area is 220 Å². The van der Waals surface area contributed by atoms with Gasteiger partial charge in [0.2, 0.25) is 0 Å². The van der Waals surface area contributed by atoms with E-state index in [9.17, 15) is 0 Å². The lowest BCUT2D eigenvalue weighted by atomic mass is 9.82. The summed E-state index contributed by atoms with van der Waals surface area (Å²) in [6, 6.07) is 30.5. The molecule has 0 fully saturated rings. The average Bonchev–Trinajstić information content (AvgIpc) is 2.84. The molecular formula is C35H45N. The van der Waals surface area contributed by atoms with Crippen LogP contribution in [0.15, 0.2) is 109 Å². The number of aryl methyl sites for hydroxylation is 1. The molecule has 0 saturated carbocycles. The Balaban J connectivity index is 1.51. The lowest BCUT2D eigenvalue weighted by Crippen LogP contribution is -2.16. The zero-order valence-electron chi connectivity index (χ0n) is 22.7. The van der Waals surface area contributed by atoms with Gasteiger partial charge in [0, 0.05) is 12.2 Å². The normalized spacial score (nSPS) is 12.2. The van der Waals surface area contributed by atoms with Crippen molar-refractivity contribution in [3.8, 4) is 0 Å². The van der Waals surface area contributed by atoms with Crippen molar-refractivity contribution < 1.29 is 0 Å². The van der Waals surface area contributed by atoms with Crippen LogP contribution < -0.4 is 5.32 Å². The lowest BCUT2D eigenvalue weighted by molar-refractivity contribution is 0.381. The number of rotatable bonds is 14. The molecular weight excluding hydrogens is 434 g/mol. The molecule has 190 valence electrons. The fourth-order valence-corrected chi connectivity index (χ4v) is 5.00. The van der Waals surface area contributed by atoms with Crippen molar-refractivity contribution in [1.29, 1.82) is 0 Å². The van der Waals surface area contributed by atoms with Crippen LogP contribution in [0.5, 0.6) is 0 Å². The molecule has 3 aromatic rings. The molecule has 0 radical (unpaired) electrons. The second kappa shape index (κ2) is 13.9. The zero-order chi connectivity index (χ0) is 25.8. The summed E-state index contributed by atoms with van der Waals surface area (Å²) in [5.41, 5.74) is 8.26. The maximum absolute atomic E-state index is 4.44. The number of allylic oxidation sites excluding steroid dienone is 2. The molecule has 1 atom stereocenters. The van der Waals surface area contributed by atoms with Crippen LogP contribution in [-0.2, 0) is 19.4 Å². The highest BCUT2D eigenvalue weighted by molar-refractivity contribution is 5.28. The van der Waals surface area contributed by atoms with E-state index >= 15 is 0 Å². The van der Waals surface area contributed by atoms with Crippen LogP contribution in [-0.4, -0.2) is 0 Å².